The SMILES string of the molecule is O=C1CCC(N2Cc3cccc(C(F)(F)C(=O)Nc4ccc(Cl)cc4)c3C2=O)C(=O)N1. The number of piperidine rings is 1. The highest BCUT2D eigenvalue weighted by Crippen LogP contribution is 2.38. The Morgan fingerprint density at radius 3 is 2.52 bits per heavy atom. The number of alkyl halides is 2. The van der Waals surface area contributed by atoms with E-state index in [2.05, 4.69) is 10.6 Å². The van der Waals surface area contributed by atoms with Gasteiger partial charge in [0, 0.05) is 29.2 Å². The molecule has 0 aliphatic carbocycles. The van der Waals surface area contributed by atoms with Crippen LogP contribution >= 0.6 is 11.6 Å². The lowest BCUT2D eigenvalue weighted by molar-refractivity contribution is -0.141. The van der Waals surface area contributed by atoms with Crippen molar-refractivity contribution in [3.8, 4) is 0 Å². The van der Waals surface area contributed by atoms with Gasteiger partial charge in [0.25, 0.3) is 11.8 Å². The van der Waals surface area contributed by atoms with E-state index in [9.17, 15) is 19.2 Å². The van der Waals surface area contributed by atoms with Gasteiger partial charge in [0.05, 0.1) is 5.56 Å². The summed E-state index contributed by atoms with van der Waals surface area (Å²) in [6.45, 7) is -0.0663. The molecular formula is C21H16ClF2N3O4. The number of benzene rings is 2. The fraction of sp³-hybridized carbons (Fsp3) is 0.238. The van der Waals surface area contributed by atoms with E-state index in [0.717, 1.165) is 11.0 Å². The van der Waals surface area contributed by atoms with Crippen molar-refractivity contribution < 1.29 is 28.0 Å². The zero-order chi connectivity index (χ0) is 22.3. The molecule has 1 saturated heterocycles. The number of nitrogens with zero attached hydrogens (tertiary/aromatic N) is 1. The normalized spacial score (nSPS) is 18.6. The number of nitrogens with one attached hydrogen (secondary N) is 2. The number of rotatable bonds is 4. The third kappa shape index (κ3) is 3.76. The Morgan fingerprint density at radius 2 is 1.84 bits per heavy atom. The molecule has 0 radical (unpaired) electrons. The van der Waals surface area contributed by atoms with Crippen LogP contribution in [0.15, 0.2) is 42.5 Å². The second kappa shape index (κ2) is 7.73. The maximum absolute atomic E-state index is 15.1. The molecule has 1 fully saturated rings. The zero-order valence-corrected chi connectivity index (χ0v) is 16.7. The molecule has 4 amide bonds. The molecule has 2 heterocycles. The summed E-state index contributed by atoms with van der Waals surface area (Å²) in [5, 5.41) is 4.66. The summed E-state index contributed by atoms with van der Waals surface area (Å²) in [5.41, 5.74) is -0.635. The molecule has 2 aliphatic rings. The van der Waals surface area contributed by atoms with E-state index in [0.29, 0.717) is 5.02 Å². The summed E-state index contributed by atoms with van der Waals surface area (Å²) in [4.78, 5) is 50.1. The number of amides is 4. The average Bonchev–Trinajstić information content (AvgIpc) is 3.06. The van der Waals surface area contributed by atoms with Crippen LogP contribution < -0.4 is 10.6 Å². The number of hydrogen-bond acceptors (Lipinski definition) is 4. The molecule has 7 nitrogen and oxygen atoms in total. The lowest BCUT2D eigenvalue weighted by Crippen LogP contribution is -2.52. The molecule has 1 atom stereocenters. The molecule has 10 heteroatoms. The first-order valence-electron chi connectivity index (χ1n) is 9.40. The van der Waals surface area contributed by atoms with Gasteiger partial charge in [0.1, 0.15) is 6.04 Å². The topological polar surface area (TPSA) is 95.6 Å². The summed E-state index contributed by atoms with van der Waals surface area (Å²) in [7, 11) is 0. The van der Waals surface area contributed by atoms with Crippen molar-refractivity contribution in [2.75, 3.05) is 5.32 Å². The molecule has 0 aromatic heterocycles. The van der Waals surface area contributed by atoms with Crippen molar-refractivity contribution in [1.82, 2.24) is 10.2 Å². The second-order valence-corrected chi connectivity index (χ2v) is 7.71. The van der Waals surface area contributed by atoms with Crippen LogP contribution in [0.5, 0.6) is 0 Å². The van der Waals surface area contributed by atoms with Gasteiger partial charge in [-0.3, -0.25) is 24.5 Å². The van der Waals surface area contributed by atoms with E-state index in [1.54, 1.807) is 0 Å². The number of anilines is 1. The standard InChI is InChI=1S/C21H16ClF2N3O4/c22-12-4-6-13(7-5-12)25-20(31)21(23,24)14-3-1-2-11-10-27(19(30)17(11)14)15-8-9-16(28)26-18(15)29/h1-7,15H,8-10H2,(H,25,31)(H,26,28,29). The summed E-state index contributed by atoms with van der Waals surface area (Å²) < 4.78 is 30.2. The van der Waals surface area contributed by atoms with Gasteiger partial charge in [-0.25, -0.2) is 0 Å². The van der Waals surface area contributed by atoms with E-state index < -0.39 is 41.2 Å². The van der Waals surface area contributed by atoms with Crippen LogP contribution in [0.2, 0.25) is 5.02 Å². The largest absolute Gasteiger partial charge is 0.350 e. The number of fused-ring (bicyclic) bond motifs is 1. The Hall–Kier alpha value is -3.33. The maximum atomic E-state index is 15.1. The van der Waals surface area contributed by atoms with Crippen molar-refractivity contribution in [1.29, 1.82) is 0 Å². The number of halogens is 3. The predicted molar refractivity (Wildman–Crippen MR) is 106 cm³/mol. The van der Waals surface area contributed by atoms with Crippen LogP contribution in [0.1, 0.15) is 34.3 Å². The molecule has 0 spiro atoms. The molecule has 0 saturated carbocycles. The summed E-state index contributed by atoms with van der Waals surface area (Å²) >= 11 is 5.76. The third-order valence-corrected chi connectivity index (χ3v) is 5.53. The van der Waals surface area contributed by atoms with Crippen molar-refractivity contribution in [2.45, 2.75) is 31.4 Å². The minimum atomic E-state index is -4.01. The molecule has 0 bridgehead atoms. The lowest BCUT2D eigenvalue weighted by atomic mass is 9.97. The molecule has 2 aromatic rings. The summed E-state index contributed by atoms with van der Waals surface area (Å²) in [6.07, 6.45) is 0.149. The van der Waals surface area contributed by atoms with E-state index in [4.69, 9.17) is 11.6 Å². The molecule has 31 heavy (non-hydrogen) atoms. The van der Waals surface area contributed by atoms with Gasteiger partial charge < -0.3 is 10.2 Å². The number of hydrogen-bond donors (Lipinski definition) is 2. The fourth-order valence-corrected chi connectivity index (χ4v) is 3.87. The molecule has 2 N–H and O–H groups in total. The minimum absolute atomic E-state index is 0.0447. The van der Waals surface area contributed by atoms with Crippen LogP contribution in [0.25, 0.3) is 0 Å². The first-order chi connectivity index (χ1) is 14.7. The highest BCUT2D eigenvalue weighted by atomic mass is 35.5. The lowest BCUT2D eigenvalue weighted by Gasteiger charge is -2.29. The maximum Gasteiger partial charge on any atom is 0.350 e. The van der Waals surface area contributed by atoms with Crippen molar-refractivity contribution in [3.63, 3.8) is 0 Å². The van der Waals surface area contributed by atoms with Crippen LogP contribution in [-0.4, -0.2) is 34.6 Å². The molecule has 160 valence electrons. The average molecular weight is 448 g/mol. The fourth-order valence-electron chi connectivity index (χ4n) is 3.74. The van der Waals surface area contributed by atoms with Crippen molar-refractivity contribution in [2.24, 2.45) is 0 Å². The van der Waals surface area contributed by atoms with Gasteiger partial charge in [-0.15, -0.1) is 0 Å². The van der Waals surface area contributed by atoms with Crippen LogP contribution in [-0.2, 0) is 26.9 Å². The Balaban J connectivity index is 1.62. The van der Waals surface area contributed by atoms with Crippen molar-refractivity contribution in [3.05, 3.63) is 64.2 Å². The first-order valence-corrected chi connectivity index (χ1v) is 9.78. The van der Waals surface area contributed by atoms with E-state index >= 15 is 8.78 Å². The molecular weight excluding hydrogens is 432 g/mol. The van der Waals surface area contributed by atoms with Crippen molar-refractivity contribution >= 4 is 40.9 Å². The van der Waals surface area contributed by atoms with Crippen LogP contribution in [0.3, 0.4) is 0 Å². The first kappa shape index (κ1) is 20.9. The highest BCUT2D eigenvalue weighted by Gasteiger charge is 2.48. The third-order valence-electron chi connectivity index (χ3n) is 5.28. The molecule has 4 rings (SSSR count). The van der Waals surface area contributed by atoms with Gasteiger partial charge in [0.2, 0.25) is 11.8 Å². The Morgan fingerprint density at radius 1 is 1.13 bits per heavy atom. The van der Waals surface area contributed by atoms with E-state index in [1.807, 2.05) is 0 Å². The smallest absolute Gasteiger partial charge is 0.322 e. The van der Waals surface area contributed by atoms with Gasteiger partial charge in [-0.1, -0.05) is 29.8 Å². The zero-order valence-electron chi connectivity index (χ0n) is 16.0. The van der Waals surface area contributed by atoms with Gasteiger partial charge in [-0.05, 0) is 36.2 Å². The number of carbonyl (C=O) groups is 4. The van der Waals surface area contributed by atoms with E-state index in [-0.39, 0.29) is 36.2 Å². The van der Waals surface area contributed by atoms with Gasteiger partial charge in [-0.2, -0.15) is 8.78 Å². The number of imide groups is 1. The Kier molecular flexibility index (Phi) is 5.22. The van der Waals surface area contributed by atoms with Crippen LogP contribution in [0, 0.1) is 0 Å². The predicted octanol–water partition coefficient (Wildman–Crippen LogP) is 2.83. The quantitative estimate of drug-likeness (QED) is 0.704. The molecule has 2 aliphatic heterocycles. The Labute approximate surface area is 180 Å². The minimum Gasteiger partial charge on any atom is -0.322 e. The highest BCUT2D eigenvalue weighted by molar-refractivity contribution is 6.30. The van der Waals surface area contributed by atoms with Gasteiger partial charge in [0.15, 0.2) is 0 Å². The molecule has 1 unspecified atom stereocenters. The van der Waals surface area contributed by atoms with Gasteiger partial charge >= 0.3 is 5.92 Å². The summed E-state index contributed by atoms with van der Waals surface area (Å²) in [5.74, 6) is -7.49. The number of carbonyl (C=O) groups excluding carboxylic acids is 4. The molecule has 2 aromatic carbocycles. The Bertz CT molecular complexity index is 1100. The monoisotopic (exact) mass is 447 g/mol. The van der Waals surface area contributed by atoms with E-state index in [1.165, 1.54) is 36.4 Å². The second-order valence-electron chi connectivity index (χ2n) is 7.28. The summed E-state index contributed by atoms with van der Waals surface area (Å²) in [6, 6.07) is 8.54. The van der Waals surface area contributed by atoms with Crippen LogP contribution in [0.4, 0.5) is 14.5 Å².